The van der Waals surface area contributed by atoms with E-state index in [1.807, 2.05) is 0 Å². The molecule has 0 aliphatic rings. The van der Waals surface area contributed by atoms with E-state index in [1.165, 1.54) is 6.07 Å². The predicted octanol–water partition coefficient (Wildman–Crippen LogP) is 0.926. The molecule has 7 nitrogen and oxygen atoms in total. The van der Waals surface area contributed by atoms with Gasteiger partial charge in [-0.3, -0.25) is 9.35 Å². The van der Waals surface area contributed by atoms with Gasteiger partial charge in [-0.05, 0) is 30.3 Å². The molecule has 1 heterocycles. The largest absolute Gasteiger partial charge is 0.333 e. The Morgan fingerprint density at radius 3 is 2.32 bits per heavy atom. The molecule has 0 amide bonds. The van der Waals surface area contributed by atoms with Crippen LogP contribution < -0.4 is 11.2 Å². The second-order valence-corrected chi connectivity index (χ2v) is 6.01. The lowest BCUT2D eigenvalue weighted by molar-refractivity contribution is 0.483. The van der Waals surface area contributed by atoms with Crippen LogP contribution in [0.3, 0.4) is 0 Å². The van der Waals surface area contributed by atoms with Gasteiger partial charge >= 0.3 is 5.69 Å². The number of hydrogen-bond donors (Lipinski definition) is 2. The SMILES string of the molecule is O=c1[nH]c2cc(S(=O)(=O)O)ccc2c(=O)n1-c1ccccc1. The number of fused-ring (bicyclic) bond motifs is 1. The van der Waals surface area contributed by atoms with Gasteiger partial charge in [0.25, 0.3) is 15.7 Å². The van der Waals surface area contributed by atoms with Crippen molar-refractivity contribution in [1.29, 1.82) is 0 Å². The molecule has 2 aromatic carbocycles. The molecule has 0 atom stereocenters. The number of H-pyrrole nitrogens is 1. The summed E-state index contributed by atoms with van der Waals surface area (Å²) in [5, 5.41) is 0.135. The van der Waals surface area contributed by atoms with Crippen LogP contribution in [0.15, 0.2) is 63.0 Å². The van der Waals surface area contributed by atoms with E-state index in [2.05, 4.69) is 4.98 Å². The number of rotatable bonds is 2. The summed E-state index contributed by atoms with van der Waals surface area (Å²) in [6.45, 7) is 0. The van der Waals surface area contributed by atoms with E-state index in [1.54, 1.807) is 30.3 Å². The molecule has 0 saturated heterocycles. The fraction of sp³-hybridized carbons (Fsp3) is 0. The summed E-state index contributed by atoms with van der Waals surface area (Å²) < 4.78 is 32.2. The zero-order valence-electron chi connectivity index (χ0n) is 11.1. The molecule has 0 spiro atoms. The maximum Gasteiger partial charge on any atom is 0.333 e. The van der Waals surface area contributed by atoms with Crippen molar-refractivity contribution < 1.29 is 13.0 Å². The van der Waals surface area contributed by atoms with Gasteiger partial charge in [-0.25, -0.2) is 9.36 Å². The molecule has 0 aliphatic carbocycles. The van der Waals surface area contributed by atoms with Crippen LogP contribution in [0.4, 0.5) is 0 Å². The molecule has 1 aromatic heterocycles. The molecule has 0 fully saturated rings. The van der Waals surface area contributed by atoms with E-state index < -0.39 is 26.3 Å². The molecule has 22 heavy (non-hydrogen) atoms. The molecule has 3 aromatic rings. The van der Waals surface area contributed by atoms with Gasteiger partial charge in [-0.15, -0.1) is 0 Å². The summed E-state index contributed by atoms with van der Waals surface area (Å²) in [4.78, 5) is 26.6. The highest BCUT2D eigenvalue weighted by molar-refractivity contribution is 7.85. The number of aromatic nitrogens is 2. The lowest BCUT2D eigenvalue weighted by atomic mass is 10.2. The molecule has 0 radical (unpaired) electrons. The van der Waals surface area contributed by atoms with Crippen LogP contribution in [-0.4, -0.2) is 22.5 Å². The van der Waals surface area contributed by atoms with Crippen molar-refractivity contribution in [3.05, 3.63) is 69.4 Å². The average molecular weight is 318 g/mol. The Hall–Kier alpha value is -2.71. The van der Waals surface area contributed by atoms with Crippen LogP contribution in [0.1, 0.15) is 0 Å². The number of nitrogens with zero attached hydrogens (tertiary/aromatic N) is 1. The van der Waals surface area contributed by atoms with Crippen molar-refractivity contribution in [2.75, 3.05) is 0 Å². The van der Waals surface area contributed by atoms with Gasteiger partial charge in [0.2, 0.25) is 0 Å². The second kappa shape index (κ2) is 4.93. The van der Waals surface area contributed by atoms with Crippen LogP contribution in [0, 0.1) is 0 Å². The predicted molar refractivity (Wildman–Crippen MR) is 80.0 cm³/mol. The smallest absolute Gasteiger partial charge is 0.306 e. The highest BCUT2D eigenvalue weighted by Gasteiger charge is 2.14. The van der Waals surface area contributed by atoms with Crippen LogP contribution in [-0.2, 0) is 10.1 Å². The summed E-state index contributed by atoms with van der Waals surface area (Å²) in [5.74, 6) is 0. The summed E-state index contributed by atoms with van der Waals surface area (Å²) in [5.41, 5.74) is -0.838. The molecule has 3 rings (SSSR count). The lowest BCUT2D eigenvalue weighted by Gasteiger charge is -2.06. The van der Waals surface area contributed by atoms with Gasteiger partial charge in [0.15, 0.2) is 0 Å². The first-order valence-electron chi connectivity index (χ1n) is 6.20. The molecule has 8 heteroatoms. The zero-order valence-corrected chi connectivity index (χ0v) is 11.9. The van der Waals surface area contributed by atoms with Gasteiger partial charge in [-0.2, -0.15) is 8.42 Å². The molecular formula is C14H10N2O5S. The molecule has 0 unspecified atom stereocenters. The Morgan fingerprint density at radius 2 is 1.68 bits per heavy atom. The molecule has 0 aliphatic heterocycles. The van der Waals surface area contributed by atoms with Gasteiger partial charge in [0.1, 0.15) is 0 Å². The Balaban J connectivity index is 2.37. The first-order valence-corrected chi connectivity index (χ1v) is 7.64. The zero-order chi connectivity index (χ0) is 15.9. The van der Waals surface area contributed by atoms with Gasteiger partial charge < -0.3 is 4.98 Å². The third kappa shape index (κ3) is 2.34. The monoisotopic (exact) mass is 318 g/mol. The molecule has 0 bridgehead atoms. The molecule has 2 N–H and O–H groups in total. The minimum Gasteiger partial charge on any atom is -0.306 e. The van der Waals surface area contributed by atoms with E-state index in [0.717, 1.165) is 16.7 Å². The summed E-state index contributed by atoms with van der Waals surface area (Å²) in [7, 11) is -4.41. The third-order valence-electron chi connectivity index (χ3n) is 3.18. The van der Waals surface area contributed by atoms with Gasteiger partial charge in [0.05, 0.1) is 21.5 Å². The van der Waals surface area contributed by atoms with E-state index in [-0.39, 0.29) is 10.9 Å². The second-order valence-electron chi connectivity index (χ2n) is 4.59. The van der Waals surface area contributed by atoms with Crippen molar-refractivity contribution >= 4 is 21.0 Å². The van der Waals surface area contributed by atoms with Crippen molar-refractivity contribution in [3.63, 3.8) is 0 Å². The summed E-state index contributed by atoms with van der Waals surface area (Å²) in [6, 6.07) is 11.7. The van der Waals surface area contributed by atoms with Crippen LogP contribution in [0.5, 0.6) is 0 Å². The van der Waals surface area contributed by atoms with E-state index >= 15 is 0 Å². The third-order valence-corrected chi connectivity index (χ3v) is 4.03. The van der Waals surface area contributed by atoms with Gasteiger partial charge in [0, 0.05) is 0 Å². The number of aromatic amines is 1. The standard InChI is InChI=1S/C14H10N2O5S/c17-13-11-7-6-10(22(19,20)21)8-12(11)15-14(18)16(13)9-4-2-1-3-5-9/h1-8H,(H,15,18)(H,19,20,21). The van der Waals surface area contributed by atoms with Crippen molar-refractivity contribution in [2.45, 2.75) is 4.90 Å². The van der Waals surface area contributed by atoms with E-state index in [0.29, 0.717) is 5.69 Å². The van der Waals surface area contributed by atoms with Crippen molar-refractivity contribution in [2.24, 2.45) is 0 Å². The normalized spacial score (nSPS) is 11.7. The highest BCUT2D eigenvalue weighted by atomic mass is 32.2. The first-order chi connectivity index (χ1) is 10.4. The van der Waals surface area contributed by atoms with Crippen LogP contribution in [0.25, 0.3) is 16.6 Å². The molecular weight excluding hydrogens is 308 g/mol. The fourth-order valence-corrected chi connectivity index (χ4v) is 2.68. The topological polar surface area (TPSA) is 109 Å². The Bertz CT molecular complexity index is 1080. The quantitative estimate of drug-likeness (QED) is 0.683. The average Bonchev–Trinajstić information content (AvgIpc) is 2.47. The number of para-hydroxylation sites is 1. The molecule has 112 valence electrons. The summed E-state index contributed by atoms with van der Waals surface area (Å²) in [6.07, 6.45) is 0. The van der Waals surface area contributed by atoms with Crippen LogP contribution >= 0.6 is 0 Å². The highest BCUT2D eigenvalue weighted by Crippen LogP contribution is 2.14. The maximum atomic E-state index is 12.4. The first kappa shape index (κ1) is 14.2. The van der Waals surface area contributed by atoms with Gasteiger partial charge in [-0.1, -0.05) is 18.2 Å². The fourth-order valence-electron chi connectivity index (χ4n) is 2.17. The number of benzene rings is 2. The van der Waals surface area contributed by atoms with E-state index in [4.69, 9.17) is 4.55 Å². The Morgan fingerprint density at radius 1 is 1.00 bits per heavy atom. The lowest BCUT2D eigenvalue weighted by Crippen LogP contribution is -2.33. The maximum absolute atomic E-state index is 12.4. The number of nitrogens with one attached hydrogen (secondary N) is 1. The van der Waals surface area contributed by atoms with Crippen molar-refractivity contribution in [3.8, 4) is 5.69 Å². The van der Waals surface area contributed by atoms with Crippen LogP contribution in [0.2, 0.25) is 0 Å². The van der Waals surface area contributed by atoms with E-state index in [9.17, 15) is 18.0 Å². The van der Waals surface area contributed by atoms with Crippen molar-refractivity contribution in [1.82, 2.24) is 9.55 Å². The minimum atomic E-state index is -4.41. The minimum absolute atomic E-state index is 0.0392. The summed E-state index contributed by atoms with van der Waals surface area (Å²) >= 11 is 0. The Labute approximate surface area is 124 Å². The Kier molecular flexibility index (Phi) is 3.19. The molecule has 0 saturated carbocycles. The number of hydrogen-bond acceptors (Lipinski definition) is 4.